The number of benzene rings is 3. The minimum Gasteiger partial charge on any atom is -0.312 e. The molecule has 0 N–H and O–H groups in total. The summed E-state index contributed by atoms with van der Waals surface area (Å²) < 4.78 is 0. The molecule has 0 aliphatic carbocycles. The van der Waals surface area contributed by atoms with Crippen molar-refractivity contribution in [1.29, 1.82) is 0 Å². The molecule has 0 aliphatic rings. The molecule has 3 aromatic carbocycles. The summed E-state index contributed by atoms with van der Waals surface area (Å²) in [5, 5.41) is 0.952. The summed E-state index contributed by atoms with van der Waals surface area (Å²) in [6.45, 7) is 21.1. The first kappa shape index (κ1) is 32.3. The maximum atomic E-state index is 6.57. The van der Waals surface area contributed by atoms with Crippen LogP contribution in [0.25, 0.3) is 4.85 Å². The fourth-order valence-electron chi connectivity index (χ4n) is 1.78. The Balaban J connectivity index is -0.000000325. The third-order valence-electron chi connectivity index (χ3n) is 3.04. The summed E-state index contributed by atoms with van der Waals surface area (Å²) in [5.41, 5.74) is 3.74. The molecule has 0 aromatic heterocycles. The van der Waals surface area contributed by atoms with Crippen molar-refractivity contribution in [3.8, 4) is 0 Å². The van der Waals surface area contributed by atoms with Crippen LogP contribution in [0, 0.1) is 13.5 Å². The largest absolute Gasteiger partial charge is 0.312 e. The molecule has 0 saturated carbocycles. The Kier molecular flexibility index (Phi) is 31.0. The number of alkyl halides is 1. The number of nitrogens with zero attached hydrogens (tertiary/aromatic N) is 1. The first-order chi connectivity index (χ1) is 14.8. The second kappa shape index (κ2) is 28.8. The van der Waals surface area contributed by atoms with Crippen LogP contribution in [-0.4, -0.2) is 0 Å². The monoisotopic (exact) mass is 469 g/mol. The zero-order valence-corrected chi connectivity index (χ0v) is 21.5. The molecule has 164 valence electrons. The molecule has 0 spiro atoms. The molecule has 3 aromatic rings. The Bertz CT molecular complexity index is 689. The van der Waals surface area contributed by atoms with Gasteiger partial charge in [-0.15, -0.1) is 0 Å². The average molecular weight is 471 g/mol. The van der Waals surface area contributed by atoms with E-state index in [4.69, 9.17) is 6.57 Å². The van der Waals surface area contributed by atoms with Gasteiger partial charge in [-0.3, -0.25) is 0 Å². The maximum absolute atomic E-state index is 6.57. The average Bonchev–Trinajstić information content (AvgIpc) is 2.86. The van der Waals surface area contributed by atoms with E-state index < -0.39 is 0 Å². The summed E-state index contributed by atoms with van der Waals surface area (Å²) in [6, 6.07) is 30.3. The van der Waals surface area contributed by atoms with E-state index in [-0.39, 0.29) is 0 Å². The van der Waals surface area contributed by atoms with Crippen LogP contribution < -0.4 is 0 Å². The second-order valence-corrected chi connectivity index (χ2v) is 5.64. The van der Waals surface area contributed by atoms with E-state index in [1.807, 2.05) is 108 Å². The van der Waals surface area contributed by atoms with Gasteiger partial charge in [0.2, 0.25) is 6.54 Å². The third-order valence-corrected chi connectivity index (χ3v) is 3.69. The van der Waals surface area contributed by atoms with Crippen molar-refractivity contribution in [2.24, 2.45) is 0 Å². The van der Waals surface area contributed by atoms with Crippen molar-refractivity contribution in [3.05, 3.63) is 119 Å². The van der Waals surface area contributed by atoms with E-state index in [9.17, 15) is 0 Å². The number of halogens is 1. The Hall–Kier alpha value is -2.37. The first-order valence-electron chi connectivity index (χ1n) is 10.7. The van der Waals surface area contributed by atoms with Gasteiger partial charge in [0, 0.05) is 10.9 Å². The van der Waals surface area contributed by atoms with Crippen LogP contribution in [0.2, 0.25) is 0 Å². The number of hydrogen-bond donors (Lipinski definition) is 0. The van der Waals surface area contributed by atoms with E-state index in [1.165, 1.54) is 11.1 Å². The highest BCUT2D eigenvalue weighted by molar-refractivity contribution is 9.08. The molecule has 30 heavy (non-hydrogen) atoms. The second-order valence-electron chi connectivity index (χ2n) is 5.08. The van der Waals surface area contributed by atoms with Gasteiger partial charge in [0.1, 0.15) is 0 Å². The van der Waals surface area contributed by atoms with Gasteiger partial charge in [-0.2, -0.15) is 0 Å². The highest BCUT2D eigenvalue weighted by Gasteiger charge is 1.88. The molecule has 0 atom stereocenters. The Morgan fingerprint density at radius 2 is 0.933 bits per heavy atom. The summed E-state index contributed by atoms with van der Waals surface area (Å²) in [4.78, 5) is 3.26. The van der Waals surface area contributed by atoms with E-state index in [0.717, 1.165) is 10.9 Å². The predicted molar refractivity (Wildman–Crippen MR) is 141 cm³/mol. The van der Waals surface area contributed by atoms with E-state index in [2.05, 4.69) is 52.0 Å². The van der Waals surface area contributed by atoms with Crippen molar-refractivity contribution < 1.29 is 0 Å². The Labute approximate surface area is 195 Å². The van der Waals surface area contributed by atoms with E-state index >= 15 is 0 Å². The molecule has 0 amide bonds. The van der Waals surface area contributed by atoms with Crippen LogP contribution in [0.1, 0.15) is 58.2 Å². The molecule has 0 radical (unpaired) electrons. The lowest BCUT2D eigenvalue weighted by Crippen LogP contribution is -1.74. The van der Waals surface area contributed by atoms with Crippen LogP contribution in [0.5, 0.6) is 0 Å². The molecule has 2 heteroatoms. The lowest BCUT2D eigenvalue weighted by atomic mass is 10.2. The molecule has 0 unspecified atom stereocenters. The van der Waals surface area contributed by atoms with Gasteiger partial charge in [0.05, 0.1) is 0 Å². The van der Waals surface area contributed by atoms with Crippen LogP contribution in [-0.2, 0) is 11.9 Å². The normalized spacial score (nSPS) is 7.57. The van der Waals surface area contributed by atoms with Gasteiger partial charge in [0.15, 0.2) is 0 Å². The topological polar surface area (TPSA) is 4.36 Å². The predicted octanol–water partition coefficient (Wildman–Crippen LogP) is 9.76. The summed E-state index contributed by atoms with van der Waals surface area (Å²) in [6.07, 6.45) is 0. The molecule has 0 heterocycles. The quantitative estimate of drug-likeness (QED) is 0.259. The van der Waals surface area contributed by atoms with Gasteiger partial charge in [-0.1, -0.05) is 154 Å². The van der Waals surface area contributed by atoms with Crippen molar-refractivity contribution in [2.75, 3.05) is 0 Å². The van der Waals surface area contributed by atoms with Gasteiger partial charge in [-0.25, -0.2) is 6.57 Å². The van der Waals surface area contributed by atoms with Crippen LogP contribution >= 0.6 is 15.9 Å². The molecule has 3 rings (SSSR count). The van der Waals surface area contributed by atoms with Gasteiger partial charge >= 0.3 is 0 Å². The molecular weight excluding hydrogens is 430 g/mol. The zero-order valence-electron chi connectivity index (χ0n) is 19.9. The molecule has 1 nitrogen and oxygen atoms in total. The Morgan fingerprint density at radius 3 is 1.17 bits per heavy atom. The third kappa shape index (κ3) is 21.9. The van der Waals surface area contributed by atoms with Crippen molar-refractivity contribution in [1.82, 2.24) is 0 Å². The highest BCUT2D eigenvalue weighted by Crippen LogP contribution is 2.02. The smallest absolute Gasteiger partial charge is 0.239 e. The highest BCUT2D eigenvalue weighted by atomic mass is 79.9. The van der Waals surface area contributed by atoms with Crippen molar-refractivity contribution in [3.63, 3.8) is 0 Å². The van der Waals surface area contributed by atoms with Crippen LogP contribution in [0.4, 0.5) is 0 Å². The summed E-state index contributed by atoms with van der Waals surface area (Å²) >= 11 is 3.36. The zero-order chi connectivity index (χ0) is 23.5. The van der Waals surface area contributed by atoms with Crippen LogP contribution in [0.15, 0.2) is 91.0 Å². The SMILES string of the molecule is BrCc1ccccc1.CC.CC.CC.Cc1ccccc1.[C-]#[N+]Cc1ccccc1. The first-order valence-corrected chi connectivity index (χ1v) is 11.9. The van der Waals surface area contributed by atoms with Crippen LogP contribution in [0.3, 0.4) is 0 Å². The van der Waals surface area contributed by atoms with Gasteiger partial charge < -0.3 is 4.85 Å². The van der Waals surface area contributed by atoms with Gasteiger partial charge in [-0.05, 0) is 12.5 Å². The Morgan fingerprint density at radius 1 is 0.600 bits per heavy atom. The molecule has 0 fully saturated rings. The number of hydrogen-bond acceptors (Lipinski definition) is 0. The van der Waals surface area contributed by atoms with E-state index in [0.29, 0.717) is 6.54 Å². The lowest BCUT2D eigenvalue weighted by Gasteiger charge is -1.88. The van der Waals surface area contributed by atoms with Gasteiger partial charge in [0.25, 0.3) is 0 Å². The molecular formula is C28H40BrN. The van der Waals surface area contributed by atoms with E-state index in [1.54, 1.807) is 0 Å². The molecule has 0 aliphatic heterocycles. The van der Waals surface area contributed by atoms with Crippen molar-refractivity contribution >= 4 is 15.9 Å². The lowest BCUT2D eigenvalue weighted by molar-refractivity contribution is 1.27. The minimum atomic E-state index is 0.501. The number of aryl methyl sites for hydroxylation is 1. The fraction of sp³-hybridized carbons (Fsp3) is 0.321. The number of rotatable bonds is 2. The summed E-state index contributed by atoms with van der Waals surface area (Å²) in [7, 11) is 0. The standard InChI is InChI=1S/C8H7N.C7H7Br.C7H8.3C2H6/c1-9-7-8-5-3-2-4-6-8;8-6-7-4-2-1-3-5-7;1-7-5-3-2-4-6-7;3*1-2/h2-6H,7H2;1-5H,6H2;2-6H,1H3;3*1-2H3. The molecule has 0 saturated heterocycles. The maximum Gasteiger partial charge on any atom is 0.239 e. The summed E-state index contributed by atoms with van der Waals surface area (Å²) in [5.74, 6) is 0. The minimum absolute atomic E-state index is 0.501. The fourth-order valence-corrected chi connectivity index (χ4v) is 2.15. The van der Waals surface area contributed by atoms with Crippen molar-refractivity contribution in [2.45, 2.75) is 60.3 Å². The molecule has 0 bridgehead atoms.